The number of likely N-dealkylation sites (tertiary alicyclic amines) is 1. The van der Waals surface area contributed by atoms with E-state index >= 15 is 0 Å². The fraction of sp³-hybridized carbons (Fsp3) is 0.500. The number of hydrogen-bond acceptors (Lipinski definition) is 4. The number of nitrogens with one attached hydrogen (secondary N) is 1. The van der Waals surface area contributed by atoms with Gasteiger partial charge in [0.15, 0.2) is 6.54 Å². The van der Waals surface area contributed by atoms with Crippen LogP contribution in [0.2, 0.25) is 0 Å². The molecule has 1 saturated heterocycles. The van der Waals surface area contributed by atoms with Gasteiger partial charge in [-0.2, -0.15) is 0 Å². The van der Waals surface area contributed by atoms with Crippen molar-refractivity contribution in [2.45, 2.75) is 19.3 Å². The first-order valence-electron chi connectivity index (χ1n) is 7.48. The number of quaternary nitrogens is 1. The topological polar surface area (TPSA) is 75.6 Å². The molecule has 0 atom stereocenters. The fourth-order valence-corrected chi connectivity index (χ4v) is 2.87. The highest BCUT2D eigenvalue weighted by Gasteiger charge is 2.27. The third kappa shape index (κ3) is 3.98. The highest BCUT2D eigenvalue weighted by Crippen LogP contribution is 2.23. The van der Waals surface area contributed by atoms with E-state index in [2.05, 4.69) is 17.1 Å². The molecule has 6 nitrogen and oxygen atoms in total. The molecule has 0 saturated carbocycles. The molecule has 2 rings (SSSR count). The molecule has 0 bridgehead atoms. The molecule has 2 N–H and O–H groups in total. The number of nitrogens with zero attached hydrogens (tertiary/aromatic N) is 1. The lowest BCUT2D eigenvalue weighted by Gasteiger charge is -2.37. The number of aromatic hydroxyl groups is 1. The Hall–Kier alpha value is -2.08. The van der Waals surface area contributed by atoms with E-state index in [1.807, 2.05) is 0 Å². The monoisotopic (exact) mass is 307 g/mol. The molecule has 120 valence electrons. The second kappa shape index (κ2) is 6.79. The highest BCUT2D eigenvalue weighted by molar-refractivity contribution is 5.95. The molecule has 0 aliphatic carbocycles. The third-order valence-electron chi connectivity index (χ3n) is 4.11. The molecule has 1 heterocycles. The van der Waals surface area contributed by atoms with Crippen LogP contribution in [0.3, 0.4) is 0 Å². The van der Waals surface area contributed by atoms with Crippen LogP contribution in [0.1, 0.15) is 29.6 Å². The number of piperidine rings is 1. The second-order valence-electron chi connectivity index (χ2n) is 6.06. The Morgan fingerprint density at radius 3 is 2.55 bits per heavy atom. The van der Waals surface area contributed by atoms with Gasteiger partial charge in [0, 0.05) is 11.8 Å². The first-order chi connectivity index (χ1) is 10.4. The molecular weight excluding hydrogens is 284 g/mol. The van der Waals surface area contributed by atoms with Gasteiger partial charge in [0.25, 0.3) is 5.91 Å². The maximum absolute atomic E-state index is 12.2. The minimum atomic E-state index is -0.609. The number of ether oxygens (including phenoxy) is 1. The van der Waals surface area contributed by atoms with E-state index < -0.39 is 5.97 Å². The number of benzene rings is 1. The number of hydrogen-bond donors (Lipinski definition) is 2. The summed E-state index contributed by atoms with van der Waals surface area (Å²) >= 11 is 0. The molecule has 1 fully saturated rings. The van der Waals surface area contributed by atoms with Crippen LogP contribution < -0.4 is 5.32 Å². The van der Waals surface area contributed by atoms with Crippen molar-refractivity contribution in [1.82, 2.24) is 0 Å². The number of amides is 1. The van der Waals surface area contributed by atoms with Crippen molar-refractivity contribution in [3.63, 3.8) is 0 Å². The SMILES string of the molecule is COC(=O)c1ccc(NC(=O)C[N+]2(C)CCCCC2)cc1O. The van der Waals surface area contributed by atoms with Crippen molar-refractivity contribution in [2.75, 3.05) is 39.1 Å². The number of carbonyl (C=O) groups excluding carboxylic acids is 2. The molecule has 1 aromatic carbocycles. The van der Waals surface area contributed by atoms with Crippen molar-refractivity contribution in [3.05, 3.63) is 23.8 Å². The summed E-state index contributed by atoms with van der Waals surface area (Å²) in [5.74, 6) is -0.903. The molecule has 0 spiro atoms. The van der Waals surface area contributed by atoms with Crippen molar-refractivity contribution >= 4 is 17.6 Å². The molecule has 0 radical (unpaired) electrons. The minimum absolute atomic E-state index is 0.0792. The molecule has 0 aromatic heterocycles. The first-order valence-corrected chi connectivity index (χ1v) is 7.48. The van der Waals surface area contributed by atoms with Gasteiger partial charge in [-0.15, -0.1) is 0 Å². The van der Waals surface area contributed by atoms with Gasteiger partial charge in [-0.1, -0.05) is 0 Å². The summed E-state index contributed by atoms with van der Waals surface area (Å²) in [5.41, 5.74) is 0.550. The van der Waals surface area contributed by atoms with E-state index in [9.17, 15) is 14.7 Å². The van der Waals surface area contributed by atoms with Crippen LogP contribution in [0.15, 0.2) is 18.2 Å². The Bertz CT molecular complexity index is 565. The summed E-state index contributed by atoms with van der Waals surface area (Å²) in [4.78, 5) is 23.6. The zero-order valence-electron chi connectivity index (χ0n) is 13.1. The van der Waals surface area contributed by atoms with Gasteiger partial charge in [-0.3, -0.25) is 4.79 Å². The highest BCUT2D eigenvalue weighted by atomic mass is 16.5. The van der Waals surface area contributed by atoms with E-state index in [4.69, 9.17) is 0 Å². The van der Waals surface area contributed by atoms with E-state index in [1.54, 1.807) is 6.07 Å². The minimum Gasteiger partial charge on any atom is -0.507 e. The largest absolute Gasteiger partial charge is 0.507 e. The Balaban J connectivity index is 1.99. The van der Waals surface area contributed by atoms with Crippen LogP contribution in [-0.2, 0) is 9.53 Å². The Labute approximate surface area is 130 Å². The molecule has 1 aliphatic rings. The normalized spacial score (nSPS) is 16.8. The van der Waals surface area contributed by atoms with Gasteiger partial charge < -0.3 is 19.6 Å². The fourth-order valence-electron chi connectivity index (χ4n) is 2.87. The van der Waals surface area contributed by atoms with Crippen molar-refractivity contribution in [2.24, 2.45) is 0 Å². The molecule has 1 aliphatic heterocycles. The van der Waals surface area contributed by atoms with Crippen LogP contribution >= 0.6 is 0 Å². The molecule has 1 amide bonds. The summed E-state index contributed by atoms with van der Waals surface area (Å²) in [7, 11) is 3.34. The lowest BCUT2D eigenvalue weighted by atomic mass is 10.1. The number of carbonyl (C=O) groups is 2. The Morgan fingerprint density at radius 1 is 1.27 bits per heavy atom. The standard InChI is InChI=1S/C16H22N2O4/c1-18(8-4-3-5-9-18)11-15(20)17-12-6-7-13(14(19)10-12)16(21)22-2/h6-7,10H,3-5,8-9,11H2,1-2H3,(H-,17,19,20,21)/p+1. The van der Waals surface area contributed by atoms with Crippen LogP contribution in [0.25, 0.3) is 0 Å². The molecule has 6 heteroatoms. The average Bonchev–Trinajstić information content (AvgIpc) is 2.46. The summed E-state index contributed by atoms with van der Waals surface area (Å²) in [6, 6.07) is 4.38. The molecule has 0 unspecified atom stereocenters. The van der Waals surface area contributed by atoms with E-state index in [-0.39, 0.29) is 17.2 Å². The number of likely N-dealkylation sites (N-methyl/N-ethyl adjacent to an activating group) is 1. The van der Waals surface area contributed by atoms with Gasteiger partial charge in [0.05, 0.1) is 27.2 Å². The predicted molar refractivity (Wildman–Crippen MR) is 82.7 cm³/mol. The number of phenols is 1. The summed E-state index contributed by atoms with van der Waals surface area (Å²) in [6.07, 6.45) is 3.54. The lowest BCUT2D eigenvalue weighted by molar-refractivity contribution is -0.906. The van der Waals surface area contributed by atoms with Gasteiger partial charge in [-0.25, -0.2) is 4.79 Å². The van der Waals surface area contributed by atoms with Crippen LogP contribution in [-0.4, -0.2) is 55.3 Å². The summed E-state index contributed by atoms with van der Waals surface area (Å²) in [6.45, 7) is 2.44. The maximum atomic E-state index is 12.2. The van der Waals surface area contributed by atoms with E-state index in [0.717, 1.165) is 30.4 Å². The van der Waals surface area contributed by atoms with Gasteiger partial charge in [-0.05, 0) is 31.4 Å². The number of phenolic OH excluding ortho intramolecular Hbond substituents is 1. The Morgan fingerprint density at radius 2 is 1.95 bits per heavy atom. The second-order valence-corrected chi connectivity index (χ2v) is 6.06. The smallest absolute Gasteiger partial charge is 0.341 e. The zero-order valence-corrected chi connectivity index (χ0v) is 13.1. The van der Waals surface area contributed by atoms with E-state index in [1.165, 1.54) is 25.7 Å². The summed E-state index contributed by atoms with van der Waals surface area (Å²) < 4.78 is 5.31. The van der Waals surface area contributed by atoms with Gasteiger partial charge >= 0.3 is 5.97 Å². The number of rotatable bonds is 4. The zero-order chi connectivity index (χ0) is 16.2. The third-order valence-corrected chi connectivity index (χ3v) is 4.11. The maximum Gasteiger partial charge on any atom is 0.341 e. The van der Waals surface area contributed by atoms with E-state index in [0.29, 0.717) is 12.2 Å². The lowest BCUT2D eigenvalue weighted by Crippen LogP contribution is -2.51. The van der Waals surface area contributed by atoms with Gasteiger partial charge in [0.2, 0.25) is 0 Å². The molecular formula is C16H23N2O4+. The van der Waals surface area contributed by atoms with Crippen LogP contribution in [0.4, 0.5) is 5.69 Å². The summed E-state index contributed by atoms with van der Waals surface area (Å²) in [5, 5.41) is 12.6. The average molecular weight is 307 g/mol. The van der Waals surface area contributed by atoms with Crippen molar-refractivity contribution in [1.29, 1.82) is 0 Å². The molecule has 1 aromatic rings. The number of esters is 1. The molecule has 22 heavy (non-hydrogen) atoms. The van der Waals surface area contributed by atoms with Crippen molar-refractivity contribution < 1.29 is 23.9 Å². The number of anilines is 1. The number of methoxy groups -OCH3 is 1. The van der Waals surface area contributed by atoms with Crippen molar-refractivity contribution in [3.8, 4) is 5.75 Å². The Kier molecular flexibility index (Phi) is 5.03. The van der Waals surface area contributed by atoms with Crippen LogP contribution in [0, 0.1) is 0 Å². The quantitative estimate of drug-likeness (QED) is 0.656. The van der Waals surface area contributed by atoms with Gasteiger partial charge in [0.1, 0.15) is 11.3 Å². The van der Waals surface area contributed by atoms with Crippen LogP contribution in [0.5, 0.6) is 5.75 Å². The predicted octanol–water partition coefficient (Wildman–Crippen LogP) is 1.75. The first kappa shape index (κ1) is 16.3.